The predicted molar refractivity (Wildman–Crippen MR) is 74.3 cm³/mol. The van der Waals surface area contributed by atoms with Gasteiger partial charge in [0.05, 0.1) is 4.47 Å². The molecule has 0 heterocycles. The summed E-state index contributed by atoms with van der Waals surface area (Å²) in [5, 5.41) is 10.6. The smallest absolute Gasteiger partial charge is 0.134 e. The lowest BCUT2D eigenvalue weighted by Gasteiger charge is -2.28. The van der Waals surface area contributed by atoms with Crippen LogP contribution in [-0.2, 0) is 0 Å². The molecule has 1 aliphatic carbocycles. The molecule has 0 amide bonds. The zero-order valence-corrected chi connectivity index (χ0v) is 12.0. The van der Waals surface area contributed by atoms with Crippen molar-refractivity contribution in [2.75, 3.05) is 0 Å². The fourth-order valence-corrected chi connectivity index (χ4v) is 3.42. The molecule has 1 atom stereocenters. The highest BCUT2D eigenvalue weighted by atomic mass is 79.9. The van der Waals surface area contributed by atoms with Gasteiger partial charge in [-0.25, -0.2) is 0 Å². The third-order valence-electron chi connectivity index (χ3n) is 3.57. The Morgan fingerprint density at radius 1 is 1.29 bits per heavy atom. The van der Waals surface area contributed by atoms with E-state index in [0.29, 0.717) is 15.4 Å². The first-order valence-electron chi connectivity index (χ1n) is 6.03. The summed E-state index contributed by atoms with van der Waals surface area (Å²) in [5.41, 5.74) is 7.03. The highest BCUT2D eigenvalue weighted by molar-refractivity contribution is 9.10. The van der Waals surface area contributed by atoms with E-state index in [1.54, 1.807) is 12.1 Å². The molecule has 3 N–H and O–H groups in total. The average Bonchev–Trinajstić information content (AvgIpc) is 2.34. The van der Waals surface area contributed by atoms with E-state index in [9.17, 15) is 5.11 Å². The van der Waals surface area contributed by atoms with Gasteiger partial charge in [-0.1, -0.05) is 30.9 Å². The van der Waals surface area contributed by atoms with Crippen molar-refractivity contribution in [3.8, 4) is 5.75 Å². The van der Waals surface area contributed by atoms with E-state index < -0.39 is 0 Å². The van der Waals surface area contributed by atoms with Crippen molar-refractivity contribution in [1.82, 2.24) is 0 Å². The van der Waals surface area contributed by atoms with Crippen LogP contribution in [0.5, 0.6) is 5.75 Å². The topological polar surface area (TPSA) is 46.2 Å². The van der Waals surface area contributed by atoms with Crippen molar-refractivity contribution >= 4 is 27.5 Å². The number of halogens is 2. The molecule has 1 fully saturated rings. The second kappa shape index (κ2) is 5.59. The van der Waals surface area contributed by atoms with E-state index >= 15 is 0 Å². The molecule has 0 unspecified atom stereocenters. The van der Waals surface area contributed by atoms with E-state index in [2.05, 4.69) is 15.9 Å². The van der Waals surface area contributed by atoms with E-state index in [0.717, 1.165) is 18.4 Å². The van der Waals surface area contributed by atoms with Crippen LogP contribution in [0.3, 0.4) is 0 Å². The number of phenolic OH excluding ortho intramolecular Hbond substituents is 1. The van der Waals surface area contributed by atoms with Gasteiger partial charge in [0.25, 0.3) is 0 Å². The van der Waals surface area contributed by atoms with Crippen LogP contribution in [0.4, 0.5) is 0 Å². The minimum atomic E-state index is -0.120. The Kier molecular flexibility index (Phi) is 4.34. The monoisotopic (exact) mass is 317 g/mol. The van der Waals surface area contributed by atoms with Gasteiger partial charge >= 0.3 is 0 Å². The zero-order valence-electron chi connectivity index (χ0n) is 9.63. The third kappa shape index (κ3) is 2.95. The van der Waals surface area contributed by atoms with E-state index in [4.69, 9.17) is 17.3 Å². The summed E-state index contributed by atoms with van der Waals surface area (Å²) in [6.07, 6.45) is 6.06. The first-order chi connectivity index (χ1) is 8.09. The van der Waals surface area contributed by atoms with Gasteiger partial charge in [-0.05, 0) is 46.8 Å². The van der Waals surface area contributed by atoms with Gasteiger partial charge in [0.2, 0.25) is 0 Å². The van der Waals surface area contributed by atoms with Crippen molar-refractivity contribution in [3.05, 3.63) is 27.2 Å². The Hall–Kier alpha value is -0.250. The Labute approximate surface area is 115 Å². The lowest BCUT2D eigenvalue weighted by atomic mass is 9.81. The molecule has 94 valence electrons. The number of benzene rings is 1. The number of rotatable bonds is 2. The number of hydrogen-bond acceptors (Lipinski definition) is 2. The minimum absolute atomic E-state index is 0.120. The van der Waals surface area contributed by atoms with Gasteiger partial charge in [-0.3, -0.25) is 0 Å². The largest absolute Gasteiger partial charge is 0.506 e. The van der Waals surface area contributed by atoms with Crippen LogP contribution < -0.4 is 5.73 Å². The molecule has 0 spiro atoms. The van der Waals surface area contributed by atoms with Crippen LogP contribution in [0.2, 0.25) is 5.02 Å². The van der Waals surface area contributed by atoms with Gasteiger partial charge in [0.15, 0.2) is 0 Å². The third-order valence-corrected chi connectivity index (χ3v) is 4.40. The molecular weight excluding hydrogens is 302 g/mol. The lowest BCUT2D eigenvalue weighted by Crippen LogP contribution is -2.23. The highest BCUT2D eigenvalue weighted by Crippen LogP contribution is 2.40. The molecule has 1 aromatic carbocycles. The van der Waals surface area contributed by atoms with E-state index in [-0.39, 0.29) is 11.8 Å². The average molecular weight is 319 g/mol. The Morgan fingerprint density at radius 3 is 2.59 bits per heavy atom. The molecule has 17 heavy (non-hydrogen) atoms. The maximum absolute atomic E-state index is 10.0. The molecule has 0 aliphatic heterocycles. The first kappa shape index (κ1) is 13.2. The molecule has 1 aromatic rings. The van der Waals surface area contributed by atoms with Crippen LogP contribution in [0.15, 0.2) is 16.6 Å². The van der Waals surface area contributed by atoms with Crippen molar-refractivity contribution in [1.29, 1.82) is 0 Å². The predicted octanol–water partition coefficient (Wildman–Crippen LogP) is 4.39. The number of nitrogens with two attached hydrogens (primary N) is 1. The van der Waals surface area contributed by atoms with Crippen LogP contribution in [-0.4, -0.2) is 5.11 Å². The van der Waals surface area contributed by atoms with Crippen molar-refractivity contribution in [2.24, 2.45) is 11.7 Å². The van der Waals surface area contributed by atoms with Crippen LogP contribution in [0.25, 0.3) is 0 Å². The van der Waals surface area contributed by atoms with Gasteiger partial charge in [0.1, 0.15) is 5.75 Å². The van der Waals surface area contributed by atoms with Crippen LogP contribution in [0.1, 0.15) is 43.7 Å². The Balaban J connectivity index is 2.26. The first-order valence-corrected chi connectivity index (χ1v) is 7.20. The van der Waals surface area contributed by atoms with E-state index in [1.165, 1.54) is 19.3 Å². The van der Waals surface area contributed by atoms with Crippen molar-refractivity contribution in [3.63, 3.8) is 0 Å². The van der Waals surface area contributed by atoms with Gasteiger partial charge in [-0.2, -0.15) is 0 Å². The number of aromatic hydroxyl groups is 1. The SMILES string of the molecule is N[C@H](c1cc(Cl)cc(Br)c1O)C1CCCCC1. The fourth-order valence-electron chi connectivity index (χ4n) is 2.59. The summed E-state index contributed by atoms with van der Waals surface area (Å²) in [6.45, 7) is 0. The molecular formula is C13H17BrClNO. The molecule has 4 heteroatoms. The Bertz CT molecular complexity index is 405. The molecule has 1 saturated carbocycles. The quantitative estimate of drug-likeness (QED) is 0.849. The zero-order chi connectivity index (χ0) is 12.4. The summed E-state index contributed by atoms with van der Waals surface area (Å²) in [5.74, 6) is 0.687. The Morgan fingerprint density at radius 2 is 1.94 bits per heavy atom. The fraction of sp³-hybridized carbons (Fsp3) is 0.538. The van der Waals surface area contributed by atoms with Crippen molar-refractivity contribution in [2.45, 2.75) is 38.1 Å². The maximum Gasteiger partial charge on any atom is 0.134 e. The van der Waals surface area contributed by atoms with Gasteiger partial charge in [-0.15, -0.1) is 0 Å². The van der Waals surface area contributed by atoms with Crippen LogP contribution in [0, 0.1) is 5.92 Å². The molecule has 2 rings (SSSR count). The lowest BCUT2D eigenvalue weighted by molar-refractivity contribution is 0.303. The molecule has 0 saturated heterocycles. The second-order valence-electron chi connectivity index (χ2n) is 4.75. The summed E-state index contributed by atoms with van der Waals surface area (Å²) >= 11 is 9.31. The van der Waals surface area contributed by atoms with Gasteiger partial charge < -0.3 is 10.8 Å². The second-order valence-corrected chi connectivity index (χ2v) is 6.04. The summed E-state index contributed by atoms with van der Waals surface area (Å²) < 4.78 is 0.617. The summed E-state index contributed by atoms with van der Waals surface area (Å²) in [4.78, 5) is 0. The van der Waals surface area contributed by atoms with Crippen molar-refractivity contribution < 1.29 is 5.11 Å². The molecule has 1 aliphatic rings. The number of phenols is 1. The maximum atomic E-state index is 10.0. The van der Waals surface area contributed by atoms with E-state index in [1.807, 2.05) is 0 Å². The molecule has 0 bridgehead atoms. The highest BCUT2D eigenvalue weighted by Gasteiger charge is 2.24. The van der Waals surface area contributed by atoms with Crippen LogP contribution >= 0.6 is 27.5 Å². The molecule has 2 nitrogen and oxygen atoms in total. The minimum Gasteiger partial charge on any atom is -0.506 e. The molecule has 0 aromatic heterocycles. The summed E-state index contributed by atoms with van der Waals surface area (Å²) in [6, 6.07) is 3.35. The standard InChI is InChI=1S/C13H17BrClNO/c14-11-7-9(15)6-10(13(11)17)12(16)8-4-2-1-3-5-8/h6-8,12,17H,1-5,16H2/t12-/m0/s1. The normalized spacial score (nSPS) is 19.2. The summed E-state index contributed by atoms with van der Waals surface area (Å²) in [7, 11) is 0. The molecule has 0 radical (unpaired) electrons. The number of hydrogen-bond donors (Lipinski definition) is 2. The van der Waals surface area contributed by atoms with Gasteiger partial charge in [0, 0.05) is 16.6 Å².